The summed E-state index contributed by atoms with van der Waals surface area (Å²) in [4.78, 5) is 3.45. The maximum atomic E-state index is 10.9. The Morgan fingerprint density at radius 1 is 1.25 bits per heavy atom. The number of aromatic nitrogens is 1. The summed E-state index contributed by atoms with van der Waals surface area (Å²) < 4.78 is 30.6. The van der Waals surface area contributed by atoms with E-state index < -0.39 is 15.0 Å². The van der Waals surface area contributed by atoms with Crippen LogP contribution in [0.4, 0.5) is 5.69 Å². The maximum absolute atomic E-state index is 10.9. The predicted octanol–water partition coefficient (Wildman–Crippen LogP) is 0.769. The monoisotopic (exact) mass is 240 g/mol. The molecule has 84 valence electrons. The van der Waals surface area contributed by atoms with Crippen LogP contribution >= 0.6 is 0 Å². The van der Waals surface area contributed by atoms with Crippen molar-refractivity contribution in [1.29, 1.82) is 0 Å². The minimum Gasteiger partial charge on any atom is -0.507 e. The van der Waals surface area contributed by atoms with E-state index in [-0.39, 0.29) is 11.3 Å². The molecule has 0 radical (unpaired) electrons. The molecule has 0 aliphatic carbocycles. The second-order valence-corrected chi connectivity index (χ2v) is 4.67. The summed E-state index contributed by atoms with van der Waals surface area (Å²) in [5.74, 6) is -0.301. The molecule has 0 aliphatic heterocycles. The molecule has 1 aromatic heterocycles. The first-order valence-corrected chi connectivity index (χ1v) is 5.67. The van der Waals surface area contributed by atoms with Gasteiger partial charge >= 0.3 is 0 Å². The lowest BCUT2D eigenvalue weighted by Gasteiger charge is -2.04. The van der Waals surface area contributed by atoms with E-state index in [2.05, 4.69) is 4.98 Å². The van der Waals surface area contributed by atoms with E-state index in [1.165, 1.54) is 12.3 Å². The topological polar surface area (TPSA) is 114 Å². The molecule has 0 amide bonds. The molecule has 1 aromatic carbocycles. The van der Waals surface area contributed by atoms with Crippen molar-refractivity contribution in [3.63, 3.8) is 0 Å². The summed E-state index contributed by atoms with van der Waals surface area (Å²) in [6.07, 6.45) is 1.33. The van der Waals surface area contributed by atoms with E-state index in [4.69, 9.17) is 10.3 Å². The van der Waals surface area contributed by atoms with E-state index in [1.807, 2.05) is 0 Å². The Morgan fingerprint density at radius 3 is 2.56 bits per heavy atom. The number of phenols is 1. The molecule has 0 saturated heterocycles. The Balaban J connectivity index is 2.84. The van der Waals surface area contributed by atoms with Crippen LogP contribution in [-0.2, 0) is 10.1 Å². The molecule has 4 N–H and O–H groups in total. The van der Waals surface area contributed by atoms with Crippen LogP contribution in [-0.4, -0.2) is 23.1 Å². The van der Waals surface area contributed by atoms with Crippen molar-refractivity contribution in [3.05, 3.63) is 24.4 Å². The average Bonchev–Trinajstić information content (AvgIpc) is 2.17. The van der Waals surface area contributed by atoms with Crippen LogP contribution in [0, 0.1) is 0 Å². The Morgan fingerprint density at radius 2 is 1.94 bits per heavy atom. The Bertz CT molecular complexity index is 667. The van der Waals surface area contributed by atoms with E-state index in [0.717, 1.165) is 12.1 Å². The smallest absolute Gasteiger partial charge is 0.294 e. The third-order valence-electron chi connectivity index (χ3n) is 2.07. The molecule has 0 bridgehead atoms. The number of anilines is 1. The number of nitrogens with zero attached hydrogens (tertiary/aromatic N) is 1. The zero-order valence-electron chi connectivity index (χ0n) is 7.95. The van der Waals surface area contributed by atoms with Gasteiger partial charge in [0.05, 0.1) is 22.3 Å². The highest BCUT2D eigenvalue weighted by molar-refractivity contribution is 7.85. The van der Waals surface area contributed by atoms with E-state index >= 15 is 0 Å². The number of benzene rings is 1. The van der Waals surface area contributed by atoms with Gasteiger partial charge in [0.15, 0.2) is 0 Å². The Labute approximate surface area is 91.1 Å². The second-order valence-electron chi connectivity index (χ2n) is 3.25. The van der Waals surface area contributed by atoms with Gasteiger partial charge in [0.2, 0.25) is 0 Å². The summed E-state index contributed by atoms with van der Waals surface area (Å²) >= 11 is 0. The Kier molecular flexibility index (Phi) is 2.21. The van der Waals surface area contributed by atoms with Gasteiger partial charge in [-0.1, -0.05) is 0 Å². The average molecular weight is 240 g/mol. The van der Waals surface area contributed by atoms with Crippen LogP contribution < -0.4 is 5.73 Å². The van der Waals surface area contributed by atoms with Gasteiger partial charge in [0.1, 0.15) is 5.75 Å². The first-order chi connectivity index (χ1) is 7.38. The van der Waals surface area contributed by atoms with Gasteiger partial charge in [-0.25, -0.2) is 0 Å². The molecule has 0 atom stereocenters. The fourth-order valence-corrected chi connectivity index (χ4v) is 1.87. The first-order valence-electron chi connectivity index (χ1n) is 4.23. The number of pyridine rings is 1. The minimum absolute atomic E-state index is 0.238. The summed E-state index contributed by atoms with van der Waals surface area (Å²) in [5.41, 5.74) is 6.06. The van der Waals surface area contributed by atoms with E-state index in [9.17, 15) is 13.5 Å². The number of rotatable bonds is 1. The van der Waals surface area contributed by atoms with Gasteiger partial charge in [-0.3, -0.25) is 9.54 Å². The van der Waals surface area contributed by atoms with Crippen molar-refractivity contribution >= 4 is 26.7 Å². The van der Waals surface area contributed by atoms with Crippen molar-refractivity contribution in [2.45, 2.75) is 4.90 Å². The van der Waals surface area contributed by atoms with Crippen molar-refractivity contribution < 1.29 is 18.1 Å². The molecular formula is C9H8N2O4S. The number of hydrogen-bond acceptors (Lipinski definition) is 5. The maximum Gasteiger partial charge on any atom is 0.294 e. The van der Waals surface area contributed by atoms with Gasteiger partial charge in [-0.2, -0.15) is 8.42 Å². The van der Waals surface area contributed by atoms with E-state index in [1.54, 1.807) is 0 Å². The molecule has 0 spiro atoms. The first kappa shape index (κ1) is 10.7. The molecule has 2 rings (SSSR count). The number of hydrogen-bond donors (Lipinski definition) is 3. The quantitative estimate of drug-likeness (QED) is 0.634. The van der Waals surface area contributed by atoms with Crippen LogP contribution in [0.2, 0.25) is 0 Å². The highest BCUT2D eigenvalue weighted by Gasteiger charge is 2.13. The van der Waals surface area contributed by atoms with Crippen LogP contribution in [0.25, 0.3) is 10.9 Å². The summed E-state index contributed by atoms with van der Waals surface area (Å²) in [7, 11) is -4.36. The zero-order chi connectivity index (χ0) is 11.9. The molecule has 6 nitrogen and oxygen atoms in total. The molecule has 0 saturated carbocycles. The number of nitrogen functional groups attached to an aromatic ring is 1. The molecular weight excluding hydrogens is 232 g/mol. The highest BCUT2D eigenvalue weighted by Crippen LogP contribution is 2.28. The highest BCUT2D eigenvalue weighted by atomic mass is 32.2. The largest absolute Gasteiger partial charge is 0.507 e. The lowest BCUT2D eigenvalue weighted by Crippen LogP contribution is -1.98. The van der Waals surface area contributed by atoms with Gasteiger partial charge in [0.25, 0.3) is 10.1 Å². The fourth-order valence-electron chi connectivity index (χ4n) is 1.35. The normalized spacial score (nSPS) is 11.8. The molecule has 2 aromatic rings. The summed E-state index contributed by atoms with van der Waals surface area (Å²) in [6.45, 7) is 0. The molecule has 0 unspecified atom stereocenters. The molecule has 1 heterocycles. The zero-order valence-corrected chi connectivity index (χ0v) is 8.77. The number of aromatic hydroxyl groups is 1. The minimum atomic E-state index is -4.36. The van der Waals surface area contributed by atoms with Gasteiger partial charge < -0.3 is 10.8 Å². The second kappa shape index (κ2) is 3.32. The third-order valence-corrected chi connectivity index (χ3v) is 2.90. The molecule has 0 aliphatic rings. The van der Waals surface area contributed by atoms with Crippen molar-refractivity contribution in [2.24, 2.45) is 0 Å². The SMILES string of the molecule is Nc1cnc2cc(S(=O)(=O)O)cc(O)c2c1. The van der Waals surface area contributed by atoms with Crippen LogP contribution in [0.5, 0.6) is 5.75 Å². The van der Waals surface area contributed by atoms with Gasteiger partial charge in [0, 0.05) is 11.5 Å². The lowest BCUT2D eigenvalue weighted by atomic mass is 10.2. The van der Waals surface area contributed by atoms with Gasteiger partial charge in [-0.15, -0.1) is 0 Å². The lowest BCUT2D eigenvalue weighted by molar-refractivity contribution is 0.470. The van der Waals surface area contributed by atoms with Gasteiger partial charge in [-0.05, 0) is 12.1 Å². The van der Waals surface area contributed by atoms with Crippen LogP contribution in [0.3, 0.4) is 0 Å². The fraction of sp³-hybridized carbons (Fsp3) is 0. The molecule has 16 heavy (non-hydrogen) atoms. The Hall–Kier alpha value is -1.86. The predicted molar refractivity (Wildman–Crippen MR) is 57.6 cm³/mol. The van der Waals surface area contributed by atoms with Crippen molar-refractivity contribution in [3.8, 4) is 5.75 Å². The molecule has 7 heteroatoms. The van der Waals surface area contributed by atoms with Crippen LogP contribution in [0.1, 0.15) is 0 Å². The van der Waals surface area contributed by atoms with E-state index in [0.29, 0.717) is 11.1 Å². The third kappa shape index (κ3) is 1.77. The molecule has 0 fully saturated rings. The number of nitrogens with two attached hydrogens (primary N) is 1. The summed E-state index contributed by atoms with van der Waals surface area (Å²) in [6, 6.07) is 3.56. The number of phenolic OH excluding ortho intramolecular Hbond substituents is 1. The van der Waals surface area contributed by atoms with Crippen LogP contribution in [0.15, 0.2) is 29.3 Å². The summed E-state index contributed by atoms with van der Waals surface area (Å²) in [5, 5.41) is 9.90. The van der Waals surface area contributed by atoms with Crippen molar-refractivity contribution in [2.75, 3.05) is 5.73 Å². The number of fused-ring (bicyclic) bond motifs is 1. The van der Waals surface area contributed by atoms with Crippen molar-refractivity contribution in [1.82, 2.24) is 4.98 Å². The standard InChI is InChI=1S/C9H8N2O4S/c10-5-1-7-8(11-4-5)2-6(3-9(7)12)16(13,14)15/h1-4,12H,10H2,(H,13,14,15).